The van der Waals surface area contributed by atoms with Gasteiger partial charge in [-0.2, -0.15) is 0 Å². The average Bonchev–Trinajstić information content (AvgIpc) is 2.46. The third-order valence-corrected chi connectivity index (χ3v) is 3.03. The Bertz CT molecular complexity index is 747. The zero-order valence-electron chi connectivity index (χ0n) is 10.3. The first-order valence-electron chi connectivity index (χ1n) is 6.09. The van der Waals surface area contributed by atoms with Crippen molar-refractivity contribution in [1.29, 1.82) is 0 Å². The lowest BCUT2D eigenvalue weighted by atomic mass is 10.1. The van der Waals surface area contributed by atoms with Crippen LogP contribution in [0.4, 0.5) is 4.39 Å². The van der Waals surface area contributed by atoms with Crippen molar-refractivity contribution >= 4 is 22.9 Å². The molecule has 3 aromatic rings. The molecule has 0 bridgehead atoms. The number of benzene rings is 2. The molecule has 0 spiro atoms. The van der Waals surface area contributed by atoms with Gasteiger partial charge < -0.3 is 0 Å². The minimum atomic E-state index is -0.306. The molecule has 0 saturated carbocycles. The molecule has 1 aromatic heterocycles. The maximum absolute atomic E-state index is 13.4. The smallest absolute Gasteiger partial charge is 0.148 e. The van der Waals surface area contributed by atoms with Crippen LogP contribution in [0.25, 0.3) is 22.9 Å². The Morgan fingerprint density at radius 1 is 0.895 bits per heavy atom. The van der Waals surface area contributed by atoms with Gasteiger partial charge in [-0.05, 0) is 28.5 Å². The SMILES string of the molecule is Fc1cnccc1C=Cc1ccc2ccccc2c1. The van der Waals surface area contributed by atoms with Gasteiger partial charge in [0.25, 0.3) is 0 Å². The van der Waals surface area contributed by atoms with Crippen LogP contribution in [0.15, 0.2) is 60.9 Å². The summed E-state index contributed by atoms with van der Waals surface area (Å²) in [5.74, 6) is -0.306. The van der Waals surface area contributed by atoms with E-state index in [9.17, 15) is 4.39 Å². The molecule has 2 aromatic carbocycles. The van der Waals surface area contributed by atoms with Crippen molar-refractivity contribution in [3.63, 3.8) is 0 Å². The van der Waals surface area contributed by atoms with Crippen LogP contribution in [0.5, 0.6) is 0 Å². The minimum Gasteiger partial charge on any atom is -0.262 e. The number of nitrogens with zero attached hydrogens (tertiary/aromatic N) is 1. The fourth-order valence-corrected chi connectivity index (χ4v) is 2.02. The molecule has 0 atom stereocenters. The van der Waals surface area contributed by atoms with E-state index in [2.05, 4.69) is 29.2 Å². The summed E-state index contributed by atoms with van der Waals surface area (Å²) >= 11 is 0. The Hall–Kier alpha value is -2.48. The molecule has 1 heterocycles. The molecule has 92 valence electrons. The number of pyridine rings is 1. The predicted molar refractivity (Wildman–Crippen MR) is 77.1 cm³/mol. The zero-order chi connectivity index (χ0) is 13.1. The van der Waals surface area contributed by atoms with Crippen molar-refractivity contribution in [2.75, 3.05) is 0 Å². The van der Waals surface area contributed by atoms with Crippen molar-refractivity contribution in [2.24, 2.45) is 0 Å². The Balaban J connectivity index is 1.95. The number of hydrogen-bond acceptors (Lipinski definition) is 1. The topological polar surface area (TPSA) is 12.9 Å². The predicted octanol–water partition coefficient (Wildman–Crippen LogP) is 4.54. The largest absolute Gasteiger partial charge is 0.262 e. The van der Waals surface area contributed by atoms with Crippen molar-refractivity contribution in [1.82, 2.24) is 4.98 Å². The third kappa shape index (κ3) is 2.52. The molecule has 0 unspecified atom stereocenters. The lowest BCUT2D eigenvalue weighted by Gasteiger charge is -1.99. The van der Waals surface area contributed by atoms with E-state index in [0.29, 0.717) is 5.56 Å². The number of hydrogen-bond donors (Lipinski definition) is 0. The van der Waals surface area contributed by atoms with Gasteiger partial charge in [-0.25, -0.2) is 4.39 Å². The van der Waals surface area contributed by atoms with Crippen LogP contribution in [0.1, 0.15) is 11.1 Å². The van der Waals surface area contributed by atoms with Crippen LogP contribution in [0.3, 0.4) is 0 Å². The highest BCUT2D eigenvalue weighted by Gasteiger charge is 1.97. The highest BCUT2D eigenvalue weighted by molar-refractivity contribution is 5.85. The number of aromatic nitrogens is 1. The van der Waals surface area contributed by atoms with Crippen molar-refractivity contribution < 1.29 is 4.39 Å². The van der Waals surface area contributed by atoms with Crippen LogP contribution < -0.4 is 0 Å². The van der Waals surface area contributed by atoms with Crippen LogP contribution >= 0.6 is 0 Å². The van der Waals surface area contributed by atoms with E-state index in [4.69, 9.17) is 0 Å². The first-order chi connectivity index (χ1) is 9.33. The van der Waals surface area contributed by atoms with E-state index in [0.717, 1.165) is 5.56 Å². The molecule has 3 rings (SSSR count). The fourth-order valence-electron chi connectivity index (χ4n) is 2.02. The maximum Gasteiger partial charge on any atom is 0.148 e. The summed E-state index contributed by atoms with van der Waals surface area (Å²) in [7, 11) is 0. The second-order valence-corrected chi connectivity index (χ2v) is 4.34. The number of rotatable bonds is 2. The monoisotopic (exact) mass is 249 g/mol. The molecule has 0 N–H and O–H groups in total. The molecule has 0 saturated heterocycles. The Labute approximate surface area is 111 Å². The van der Waals surface area contributed by atoms with Gasteiger partial charge in [-0.15, -0.1) is 0 Å². The minimum absolute atomic E-state index is 0.306. The number of fused-ring (bicyclic) bond motifs is 1. The summed E-state index contributed by atoms with van der Waals surface area (Å²) in [5, 5.41) is 2.38. The zero-order valence-corrected chi connectivity index (χ0v) is 10.3. The van der Waals surface area contributed by atoms with Crippen molar-refractivity contribution in [3.8, 4) is 0 Å². The van der Waals surface area contributed by atoms with Crippen LogP contribution in [0, 0.1) is 5.82 Å². The Morgan fingerprint density at radius 3 is 2.58 bits per heavy atom. The van der Waals surface area contributed by atoms with E-state index in [1.807, 2.05) is 24.3 Å². The fraction of sp³-hybridized carbons (Fsp3) is 0. The van der Waals surface area contributed by atoms with Gasteiger partial charge in [0.05, 0.1) is 6.20 Å². The highest BCUT2D eigenvalue weighted by Crippen LogP contribution is 2.17. The van der Waals surface area contributed by atoms with Crippen molar-refractivity contribution in [2.45, 2.75) is 0 Å². The Morgan fingerprint density at radius 2 is 1.74 bits per heavy atom. The van der Waals surface area contributed by atoms with E-state index in [1.54, 1.807) is 18.3 Å². The standard InChI is InChI=1S/C17H12FN/c18-17-12-19-10-9-15(17)8-6-13-5-7-14-3-1-2-4-16(14)11-13/h1-12H. The normalized spacial score (nSPS) is 11.2. The molecule has 0 aliphatic rings. The molecule has 19 heavy (non-hydrogen) atoms. The molecule has 1 nitrogen and oxygen atoms in total. The summed E-state index contributed by atoms with van der Waals surface area (Å²) in [6, 6.07) is 16.0. The highest BCUT2D eigenvalue weighted by atomic mass is 19.1. The summed E-state index contributed by atoms with van der Waals surface area (Å²) < 4.78 is 13.4. The molecular formula is C17H12FN. The molecule has 0 aliphatic heterocycles. The first-order valence-corrected chi connectivity index (χ1v) is 6.09. The number of halogens is 1. The van der Waals surface area contributed by atoms with Crippen LogP contribution in [-0.4, -0.2) is 4.98 Å². The molecule has 0 aliphatic carbocycles. The quantitative estimate of drug-likeness (QED) is 0.649. The molecule has 0 amide bonds. The van der Waals surface area contributed by atoms with Gasteiger partial charge in [0.15, 0.2) is 0 Å². The first kappa shape index (κ1) is 11.6. The van der Waals surface area contributed by atoms with Crippen LogP contribution in [-0.2, 0) is 0 Å². The molecule has 0 radical (unpaired) electrons. The van der Waals surface area contributed by atoms with Crippen molar-refractivity contribution in [3.05, 3.63) is 77.9 Å². The van der Waals surface area contributed by atoms with Gasteiger partial charge in [-0.3, -0.25) is 4.98 Å². The summed E-state index contributed by atoms with van der Waals surface area (Å²) in [4.78, 5) is 3.73. The summed E-state index contributed by atoms with van der Waals surface area (Å²) in [6.07, 6.45) is 6.48. The van der Waals surface area contributed by atoms with Gasteiger partial charge in [-0.1, -0.05) is 48.6 Å². The van der Waals surface area contributed by atoms with Crippen LogP contribution in [0.2, 0.25) is 0 Å². The second kappa shape index (κ2) is 5.02. The second-order valence-electron chi connectivity index (χ2n) is 4.34. The van der Waals surface area contributed by atoms with E-state index >= 15 is 0 Å². The molecule has 0 fully saturated rings. The van der Waals surface area contributed by atoms with Gasteiger partial charge in [0, 0.05) is 11.8 Å². The third-order valence-electron chi connectivity index (χ3n) is 3.03. The summed E-state index contributed by atoms with van der Waals surface area (Å²) in [6.45, 7) is 0. The summed E-state index contributed by atoms with van der Waals surface area (Å²) in [5.41, 5.74) is 1.60. The van der Waals surface area contributed by atoms with Gasteiger partial charge in [0.1, 0.15) is 5.82 Å². The average molecular weight is 249 g/mol. The van der Waals surface area contributed by atoms with E-state index < -0.39 is 0 Å². The van der Waals surface area contributed by atoms with E-state index in [-0.39, 0.29) is 5.82 Å². The maximum atomic E-state index is 13.4. The van der Waals surface area contributed by atoms with E-state index in [1.165, 1.54) is 17.0 Å². The molecule has 2 heteroatoms. The van der Waals surface area contributed by atoms with Gasteiger partial charge >= 0.3 is 0 Å². The lowest BCUT2D eigenvalue weighted by Crippen LogP contribution is -1.82. The van der Waals surface area contributed by atoms with Gasteiger partial charge in [0.2, 0.25) is 0 Å². The Kier molecular flexibility index (Phi) is 3.07. The molecular weight excluding hydrogens is 237 g/mol. The lowest BCUT2D eigenvalue weighted by molar-refractivity contribution is 0.618.